The van der Waals surface area contributed by atoms with Crippen LogP contribution < -0.4 is 10.6 Å². The third-order valence-electron chi connectivity index (χ3n) is 2.97. The van der Waals surface area contributed by atoms with E-state index in [1.54, 1.807) is 12.3 Å². The van der Waals surface area contributed by atoms with Crippen molar-refractivity contribution in [3.05, 3.63) is 47.8 Å². The van der Waals surface area contributed by atoms with Crippen molar-refractivity contribution >= 4 is 5.69 Å². The lowest BCUT2D eigenvalue weighted by Crippen LogP contribution is -2.22. The fraction of sp³-hybridized carbons (Fsp3) is 0.308. The second kappa shape index (κ2) is 5.18. The molecule has 2 aromatic rings. The van der Waals surface area contributed by atoms with Gasteiger partial charge in [0.2, 0.25) is 0 Å². The fourth-order valence-electron chi connectivity index (χ4n) is 1.99. The van der Waals surface area contributed by atoms with Crippen LogP contribution in [0.2, 0.25) is 0 Å². The number of nitrogens with two attached hydrogens (primary N) is 1. The highest BCUT2D eigenvalue weighted by molar-refractivity contribution is 5.54. The summed E-state index contributed by atoms with van der Waals surface area (Å²) < 4.78 is 15.8. The van der Waals surface area contributed by atoms with Crippen molar-refractivity contribution in [2.45, 2.75) is 13.1 Å². The topological polar surface area (TPSA) is 47.1 Å². The molecule has 0 radical (unpaired) electrons. The highest BCUT2D eigenvalue weighted by Gasteiger charge is 2.13. The molecule has 0 saturated carbocycles. The summed E-state index contributed by atoms with van der Waals surface area (Å²) in [6.07, 6.45) is 3.60. The first kappa shape index (κ1) is 12.6. The van der Waals surface area contributed by atoms with Crippen LogP contribution in [0.4, 0.5) is 10.1 Å². The summed E-state index contributed by atoms with van der Waals surface area (Å²) in [5, 5.41) is 0. The summed E-state index contributed by atoms with van der Waals surface area (Å²) in [7, 11) is 3.76. The first-order valence-corrected chi connectivity index (χ1v) is 5.78. The molecule has 2 rings (SSSR count). The van der Waals surface area contributed by atoms with Crippen LogP contribution in [0.3, 0.4) is 0 Å². The first-order chi connectivity index (χ1) is 8.63. The largest absolute Gasteiger partial charge is 0.364 e. The molecule has 0 unspecified atom stereocenters. The quantitative estimate of drug-likeness (QED) is 0.895. The Morgan fingerprint density at radius 3 is 2.83 bits per heavy atom. The van der Waals surface area contributed by atoms with E-state index in [1.165, 1.54) is 6.07 Å². The summed E-state index contributed by atoms with van der Waals surface area (Å²) in [4.78, 5) is 6.07. The van der Waals surface area contributed by atoms with Gasteiger partial charge in [-0.1, -0.05) is 12.1 Å². The Hall–Kier alpha value is -1.88. The molecule has 0 fully saturated rings. The average molecular weight is 248 g/mol. The molecule has 0 spiro atoms. The molecule has 4 nitrogen and oxygen atoms in total. The van der Waals surface area contributed by atoms with E-state index in [1.807, 2.05) is 35.8 Å². The van der Waals surface area contributed by atoms with Crippen LogP contribution in [0.5, 0.6) is 0 Å². The van der Waals surface area contributed by atoms with Crippen LogP contribution >= 0.6 is 0 Å². The number of benzene rings is 1. The average Bonchev–Trinajstić information content (AvgIpc) is 2.74. The van der Waals surface area contributed by atoms with Gasteiger partial charge in [0.15, 0.2) is 0 Å². The number of halogens is 1. The van der Waals surface area contributed by atoms with Gasteiger partial charge >= 0.3 is 0 Å². The number of anilines is 1. The van der Waals surface area contributed by atoms with Gasteiger partial charge in [0.05, 0.1) is 12.2 Å². The number of hydrogen-bond acceptors (Lipinski definition) is 3. The summed E-state index contributed by atoms with van der Waals surface area (Å²) in [6.45, 7) is 0.857. The Kier molecular flexibility index (Phi) is 3.62. The standard InChI is InChI=1S/C13H17FN4/c1-17-7-6-16-12(17)9-18(2)13-10(8-15)4-3-5-11(13)14/h3-7H,8-9,15H2,1-2H3. The molecule has 0 aliphatic carbocycles. The third kappa shape index (κ3) is 2.36. The molecule has 0 atom stereocenters. The zero-order valence-electron chi connectivity index (χ0n) is 10.6. The Balaban J connectivity index is 2.29. The van der Waals surface area contributed by atoms with E-state index >= 15 is 0 Å². The lowest BCUT2D eigenvalue weighted by Gasteiger charge is -2.22. The van der Waals surface area contributed by atoms with Gasteiger partial charge in [0, 0.05) is 33.0 Å². The monoisotopic (exact) mass is 248 g/mol. The van der Waals surface area contributed by atoms with Gasteiger partial charge in [-0.05, 0) is 11.6 Å². The molecule has 1 aromatic carbocycles. The molecule has 0 aliphatic heterocycles. The lowest BCUT2D eigenvalue weighted by molar-refractivity contribution is 0.616. The van der Waals surface area contributed by atoms with E-state index in [0.29, 0.717) is 18.8 Å². The van der Waals surface area contributed by atoms with Crippen molar-refractivity contribution in [2.75, 3.05) is 11.9 Å². The van der Waals surface area contributed by atoms with Gasteiger partial charge in [0.1, 0.15) is 11.6 Å². The predicted molar refractivity (Wildman–Crippen MR) is 69.6 cm³/mol. The number of hydrogen-bond donors (Lipinski definition) is 1. The van der Waals surface area contributed by atoms with Crippen molar-refractivity contribution in [2.24, 2.45) is 12.8 Å². The Morgan fingerprint density at radius 1 is 1.44 bits per heavy atom. The van der Waals surface area contributed by atoms with Crippen LogP contribution in [0.15, 0.2) is 30.6 Å². The number of rotatable bonds is 4. The van der Waals surface area contributed by atoms with Crippen LogP contribution in [-0.2, 0) is 20.1 Å². The fourth-order valence-corrected chi connectivity index (χ4v) is 1.99. The number of para-hydroxylation sites is 1. The van der Waals surface area contributed by atoms with Crippen LogP contribution in [-0.4, -0.2) is 16.6 Å². The Bertz CT molecular complexity index is 536. The van der Waals surface area contributed by atoms with E-state index < -0.39 is 0 Å². The summed E-state index contributed by atoms with van der Waals surface area (Å²) in [5.41, 5.74) is 6.99. The van der Waals surface area contributed by atoms with Gasteiger partial charge in [-0.2, -0.15) is 0 Å². The molecular weight excluding hydrogens is 231 g/mol. The zero-order valence-corrected chi connectivity index (χ0v) is 10.6. The van der Waals surface area contributed by atoms with Gasteiger partial charge in [-0.25, -0.2) is 9.37 Å². The van der Waals surface area contributed by atoms with E-state index in [2.05, 4.69) is 4.98 Å². The number of aromatic nitrogens is 2. The Labute approximate surface area is 106 Å². The van der Waals surface area contributed by atoms with Gasteiger partial charge in [-0.15, -0.1) is 0 Å². The molecular formula is C13H17FN4. The number of imidazole rings is 1. The maximum Gasteiger partial charge on any atom is 0.146 e. The minimum atomic E-state index is -0.255. The normalized spacial score (nSPS) is 10.7. The van der Waals surface area contributed by atoms with Crippen molar-refractivity contribution in [1.82, 2.24) is 9.55 Å². The van der Waals surface area contributed by atoms with Crippen molar-refractivity contribution in [3.8, 4) is 0 Å². The van der Waals surface area contributed by atoms with Crippen molar-refractivity contribution < 1.29 is 4.39 Å². The van der Waals surface area contributed by atoms with E-state index in [4.69, 9.17) is 5.73 Å². The molecule has 0 aliphatic rings. The smallest absolute Gasteiger partial charge is 0.146 e. The predicted octanol–water partition coefficient (Wildman–Crippen LogP) is 1.65. The third-order valence-corrected chi connectivity index (χ3v) is 2.97. The second-order valence-electron chi connectivity index (χ2n) is 4.26. The van der Waals surface area contributed by atoms with E-state index in [9.17, 15) is 4.39 Å². The molecule has 1 aromatic heterocycles. The Morgan fingerprint density at radius 2 is 2.22 bits per heavy atom. The van der Waals surface area contributed by atoms with Crippen LogP contribution in [0.1, 0.15) is 11.4 Å². The maximum absolute atomic E-state index is 13.9. The van der Waals surface area contributed by atoms with Gasteiger partial charge in [-0.3, -0.25) is 0 Å². The molecule has 5 heteroatoms. The van der Waals surface area contributed by atoms with Crippen molar-refractivity contribution in [1.29, 1.82) is 0 Å². The lowest BCUT2D eigenvalue weighted by atomic mass is 10.1. The molecule has 0 saturated heterocycles. The highest BCUT2D eigenvalue weighted by atomic mass is 19.1. The van der Waals surface area contributed by atoms with Crippen molar-refractivity contribution in [3.63, 3.8) is 0 Å². The first-order valence-electron chi connectivity index (χ1n) is 5.78. The SMILES string of the molecule is CN(Cc1nccn1C)c1c(F)cccc1CN. The highest BCUT2D eigenvalue weighted by Crippen LogP contribution is 2.24. The number of aryl methyl sites for hydroxylation is 1. The molecule has 18 heavy (non-hydrogen) atoms. The maximum atomic E-state index is 13.9. The number of nitrogens with zero attached hydrogens (tertiary/aromatic N) is 3. The van der Waals surface area contributed by atoms with E-state index in [0.717, 1.165) is 11.4 Å². The van der Waals surface area contributed by atoms with Gasteiger partial charge in [0.25, 0.3) is 0 Å². The van der Waals surface area contributed by atoms with E-state index in [-0.39, 0.29) is 5.82 Å². The zero-order chi connectivity index (χ0) is 13.1. The minimum Gasteiger partial charge on any atom is -0.364 e. The second-order valence-corrected chi connectivity index (χ2v) is 4.26. The summed E-state index contributed by atoms with van der Waals surface area (Å²) in [6, 6.07) is 4.96. The molecule has 96 valence electrons. The molecule has 1 heterocycles. The summed E-state index contributed by atoms with van der Waals surface area (Å²) >= 11 is 0. The summed E-state index contributed by atoms with van der Waals surface area (Å²) in [5.74, 6) is 0.624. The van der Waals surface area contributed by atoms with Gasteiger partial charge < -0.3 is 15.2 Å². The minimum absolute atomic E-state index is 0.255. The molecule has 0 bridgehead atoms. The van der Waals surface area contributed by atoms with Crippen LogP contribution in [0.25, 0.3) is 0 Å². The van der Waals surface area contributed by atoms with Crippen LogP contribution in [0, 0.1) is 5.82 Å². The molecule has 0 amide bonds. The molecule has 2 N–H and O–H groups in total.